The van der Waals surface area contributed by atoms with E-state index in [1.165, 1.54) is 19.3 Å². The van der Waals surface area contributed by atoms with E-state index in [0.717, 1.165) is 16.8 Å². The van der Waals surface area contributed by atoms with E-state index in [0.29, 0.717) is 0 Å². The Kier molecular flexibility index (Phi) is 3.35. The summed E-state index contributed by atoms with van der Waals surface area (Å²) in [4.78, 5) is 15.1. The number of alkyl halides is 3. The number of nitrogens with two attached hydrogens (primary N) is 1. The monoisotopic (exact) mass is 285 g/mol. The number of anilines is 1. The molecule has 0 spiro atoms. The third-order valence-corrected chi connectivity index (χ3v) is 2.44. The van der Waals surface area contributed by atoms with Gasteiger partial charge < -0.3 is 11.1 Å². The number of hydrogen-bond acceptors (Lipinski definition) is 4. The van der Waals surface area contributed by atoms with Gasteiger partial charge in [-0.3, -0.25) is 4.79 Å². The lowest BCUT2D eigenvalue weighted by molar-refractivity contribution is -0.137. The molecule has 20 heavy (non-hydrogen) atoms. The number of rotatable bonds is 2. The molecule has 2 aromatic heterocycles. The summed E-state index contributed by atoms with van der Waals surface area (Å²) in [5.41, 5.74) is 4.48. The standard InChI is InChI=1S/C11H10F3N5O/c1-16-10(20)7-2-3-19(18-7)9-5-6(11(12,13)14)4-8(15)17-9/h2-5H,1H3,(H2,15,17)(H,16,20). The molecule has 2 aromatic rings. The molecule has 106 valence electrons. The van der Waals surface area contributed by atoms with Crippen molar-refractivity contribution in [1.29, 1.82) is 0 Å². The van der Waals surface area contributed by atoms with Crippen LogP contribution in [0.1, 0.15) is 16.1 Å². The fourth-order valence-electron chi connectivity index (χ4n) is 1.52. The molecule has 0 bridgehead atoms. The fraction of sp³-hybridized carbons (Fsp3) is 0.182. The SMILES string of the molecule is CNC(=O)c1ccn(-c2cc(C(F)(F)F)cc(N)n2)n1. The highest BCUT2D eigenvalue weighted by Gasteiger charge is 2.31. The molecule has 2 rings (SSSR count). The number of amides is 1. The summed E-state index contributed by atoms with van der Waals surface area (Å²) in [6.07, 6.45) is -3.21. The predicted octanol–water partition coefficient (Wildman–Crippen LogP) is 1.23. The Hall–Kier alpha value is -2.58. The van der Waals surface area contributed by atoms with Crippen LogP contribution in [0.2, 0.25) is 0 Å². The van der Waals surface area contributed by atoms with Gasteiger partial charge in [0.2, 0.25) is 0 Å². The highest BCUT2D eigenvalue weighted by Crippen LogP contribution is 2.31. The average molecular weight is 285 g/mol. The van der Waals surface area contributed by atoms with Crippen LogP contribution < -0.4 is 11.1 Å². The third kappa shape index (κ3) is 2.71. The summed E-state index contributed by atoms with van der Waals surface area (Å²) in [6, 6.07) is 2.89. The zero-order chi connectivity index (χ0) is 14.9. The van der Waals surface area contributed by atoms with Crippen molar-refractivity contribution in [1.82, 2.24) is 20.1 Å². The molecule has 0 aliphatic rings. The molecule has 0 aliphatic carbocycles. The van der Waals surface area contributed by atoms with Crippen LogP contribution in [-0.4, -0.2) is 27.7 Å². The van der Waals surface area contributed by atoms with E-state index >= 15 is 0 Å². The quantitative estimate of drug-likeness (QED) is 0.869. The summed E-state index contributed by atoms with van der Waals surface area (Å²) in [5.74, 6) is -0.858. The second-order valence-electron chi connectivity index (χ2n) is 3.86. The summed E-state index contributed by atoms with van der Waals surface area (Å²) in [5, 5.41) is 6.19. The Morgan fingerprint density at radius 2 is 2.10 bits per heavy atom. The third-order valence-electron chi connectivity index (χ3n) is 2.44. The van der Waals surface area contributed by atoms with Gasteiger partial charge in [-0.2, -0.15) is 18.3 Å². The summed E-state index contributed by atoms with van der Waals surface area (Å²) in [7, 11) is 1.42. The molecule has 0 saturated heterocycles. The van der Waals surface area contributed by atoms with Crippen molar-refractivity contribution in [3.8, 4) is 5.82 Å². The van der Waals surface area contributed by atoms with Gasteiger partial charge in [-0.15, -0.1) is 0 Å². The van der Waals surface area contributed by atoms with Crippen LogP contribution >= 0.6 is 0 Å². The minimum absolute atomic E-state index is 0.0604. The van der Waals surface area contributed by atoms with Gasteiger partial charge in [0, 0.05) is 13.2 Å². The number of nitrogens with zero attached hydrogens (tertiary/aromatic N) is 3. The highest BCUT2D eigenvalue weighted by molar-refractivity contribution is 5.91. The molecule has 0 saturated carbocycles. The van der Waals surface area contributed by atoms with Gasteiger partial charge in [0.05, 0.1) is 5.56 Å². The smallest absolute Gasteiger partial charge is 0.384 e. The molecule has 1 amide bonds. The lowest BCUT2D eigenvalue weighted by atomic mass is 10.2. The minimum Gasteiger partial charge on any atom is -0.384 e. The Balaban J connectivity index is 2.45. The molecule has 6 nitrogen and oxygen atoms in total. The van der Waals surface area contributed by atoms with Crippen molar-refractivity contribution in [2.45, 2.75) is 6.18 Å². The van der Waals surface area contributed by atoms with Crippen LogP contribution in [0, 0.1) is 0 Å². The molecule has 3 N–H and O–H groups in total. The van der Waals surface area contributed by atoms with E-state index in [1.54, 1.807) is 0 Å². The number of nitrogens with one attached hydrogen (secondary N) is 1. The zero-order valence-corrected chi connectivity index (χ0v) is 10.3. The normalized spacial score (nSPS) is 11.4. The van der Waals surface area contributed by atoms with E-state index in [1.807, 2.05) is 0 Å². The van der Waals surface area contributed by atoms with Gasteiger partial charge in [-0.25, -0.2) is 9.67 Å². The first-order valence-electron chi connectivity index (χ1n) is 5.44. The highest BCUT2D eigenvalue weighted by atomic mass is 19.4. The maximum absolute atomic E-state index is 12.7. The summed E-state index contributed by atoms with van der Waals surface area (Å²) in [6.45, 7) is 0. The van der Waals surface area contributed by atoms with E-state index in [9.17, 15) is 18.0 Å². The van der Waals surface area contributed by atoms with Crippen LogP contribution in [0.15, 0.2) is 24.4 Å². The Morgan fingerprint density at radius 3 is 2.70 bits per heavy atom. The van der Waals surface area contributed by atoms with Crippen molar-refractivity contribution >= 4 is 11.7 Å². The number of hydrogen-bond donors (Lipinski definition) is 2. The molecule has 0 fully saturated rings. The molecule has 0 aromatic carbocycles. The first-order chi connectivity index (χ1) is 9.31. The number of pyridine rings is 1. The van der Waals surface area contributed by atoms with Gasteiger partial charge in [-0.1, -0.05) is 0 Å². The van der Waals surface area contributed by atoms with E-state index in [-0.39, 0.29) is 17.3 Å². The lowest BCUT2D eigenvalue weighted by Crippen LogP contribution is -2.18. The van der Waals surface area contributed by atoms with E-state index in [4.69, 9.17) is 5.73 Å². The van der Waals surface area contributed by atoms with E-state index in [2.05, 4.69) is 15.4 Å². The number of nitrogen functional groups attached to an aromatic ring is 1. The van der Waals surface area contributed by atoms with Crippen molar-refractivity contribution in [2.75, 3.05) is 12.8 Å². The number of carbonyl (C=O) groups excluding carboxylic acids is 1. The molecular weight excluding hydrogens is 275 g/mol. The van der Waals surface area contributed by atoms with Crippen LogP contribution in [0.25, 0.3) is 5.82 Å². The second kappa shape index (κ2) is 4.83. The molecule has 0 unspecified atom stereocenters. The maximum atomic E-state index is 12.7. The van der Waals surface area contributed by atoms with Crippen molar-refractivity contribution in [2.24, 2.45) is 0 Å². The zero-order valence-electron chi connectivity index (χ0n) is 10.3. The van der Waals surface area contributed by atoms with Gasteiger partial charge in [-0.05, 0) is 18.2 Å². The van der Waals surface area contributed by atoms with Crippen LogP contribution in [0.4, 0.5) is 19.0 Å². The average Bonchev–Trinajstić information content (AvgIpc) is 2.85. The molecule has 0 atom stereocenters. The largest absolute Gasteiger partial charge is 0.416 e. The van der Waals surface area contributed by atoms with Gasteiger partial charge in [0.25, 0.3) is 5.91 Å². The molecular formula is C11H10F3N5O. The molecule has 9 heteroatoms. The van der Waals surface area contributed by atoms with Crippen LogP contribution in [0.5, 0.6) is 0 Å². The summed E-state index contributed by atoms with van der Waals surface area (Å²) < 4.78 is 39.1. The lowest BCUT2D eigenvalue weighted by Gasteiger charge is -2.09. The minimum atomic E-state index is -4.54. The number of carbonyl (C=O) groups is 1. The van der Waals surface area contributed by atoms with Gasteiger partial charge in [0.1, 0.15) is 5.82 Å². The van der Waals surface area contributed by atoms with Crippen LogP contribution in [-0.2, 0) is 6.18 Å². The fourth-order valence-corrected chi connectivity index (χ4v) is 1.52. The number of aromatic nitrogens is 3. The molecule has 0 aliphatic heterocycles. The first kappa shape index (κ1) is 13.8. The van der Waals surface area contributed by atoms with Crippen molar-refractivity contribution < 1.29 is 18.0 Å². The summed E-state index contributed by atoms with van der Waals surface area (Å²) >= 11 is 0. The Morgan fingerprint density at radius 1 is 1.40 bits per heavy atom. The number of halogens is 3. The van der Waals surface area contributed by atoms with Gasteiger partial charge >= 0.3 is 6.18 Å². The van der Waals surface area contributed by atoms with Gasteiger partial charge in [0.15, 0.2) is 11.5 Å². The first-order valence-corrected chi connectivity index (χ1v) is 5.44. The Labute approximate surface area is 111 Å². The van der Waals surface area contributed by atoms with Crippen molar-refractivity contribution in [3.05, 3.63) is 35.7 Å². The predicted molar refractivity (Wildman–Crippen MR) is 64.2 cm³/mol. The van der Waals surface area contributed by atoms with E-state index < -0.39 is 17.6 Å². The maximum Gasteiger partial charge on any atom is 0.416 e. The second-order valence-corrected chi connectivity index (χ2v) is 3.86. The Bertz CT molecular complexity index is 650. The van der Waals surface area contributed by atoms with Crippen molar-refractivity contribution in [3.63, 3.8) is 0 Å². The molecule has 0 radical (unpaired) electrons. The van der Waals surface area contributed by atoms with Crippen LogP contribution in [0.3, 0.4) is 0 Å². The molecule has 2 heterocycles. The topological polar surface area (TPSA) is 85.8 Å².